The summed E-state index contributed by atoms with van der Waals surface area (Å²) in [6, 6.07) is 3.00. The molecule has 0 spiro atoms. The molecule has 0 aliphatic heterocycles. The van der Waals surface area contributed by atoms with Gasteiger partial charge in [-0.15, -0.1) is 0 Å². The summed E-state index contributed by atoms with van der Waals surface area (Å²) in [6.07, 6.45) is 4.74. The van der Waals surface area contributed by atoms with Crippen molar-refractivity contribution < 1.29 is 23.5 Å². The fourth-order valence-corrected chi connectivity index (χ4v) is 7.47. The van der Waals surface area contributed by atoms with Crippen molar-refractivity contribution >= 4 is 20.3 Å². The Balaban J connectivity index is 2.39. The third kappa shape index (κ3) is 3.56. The van der Waals surface area contributed by atoms with E-state index in [1.165, 1.54) is 0 Å². The highest BCUT2D eigenvalue weighted by atomic mass is 28.4. The summed E-state index contributed by atoms with van der Waals surface area (Å²) in [5.74, 6) is -1.75. The van der Waals surface area contributed by atoms with E-state index in [9.17, 15) is 9.59 Å². The highest BCUT2D eigenvalue weighted by molar-refractivity contribution is 6.73. The topological polar surface area (TPSA) is 61.8 Å². The lowest BCUT2D eigenvalue weighted by Crippen LogP contribution is -2.52. The Morgan fingerprint density at radius 3 is 2.08 bits per heavy atom. The van der Waals surface area contributed by atoms with Crippen LogP contribution in [0.5, 0.6) is 0 Å². The smallest absolute Gasteiger partial charge is 0.313 e. The minimum Gasteiger partial charge on any atom is -0.466 e. The lowest BCUT2D eigenvalue weighted by atomic mass is 9.81. The van der Waals surface area contributed by atoms with Gasteiger partial charge in [0.15, 0.2) is 8.32 Å². The van der Waals surface area contributed by atoms with Crippen LogP contribution in [0, 0.1) is 17.8 Å². The van der Waals surface area contributed by atoms with Gasteiger partial charge in [-0.1, -0.05) is 32.9 Å². The maximum atomic E-state index is 12.8. The zero-order valence-corrected chi connectivity index (χ0v) is 17.2. The van der Waals surface area contributed by atoms with Gasteiger partial charge < -0.3 is 13.9 Å². The Hall–Kier alpha value is -1.14. The van der Waals surface area contributed by atoms with E-state index >= 15 is 0 Å². The fraction of sp³-hybridized carbons (Fsp3) is 0.789. The van der Waals surface area contributed by atoms with Crippen molar-refractivity contribution in [3.8, 4) is 0 Å². The molecule has 5 nitrogen and oxygen atoms in total. The Morgan fingerprint density at radius 1 is 1.00 bits per heavy atom. The summed E-state index contributed by atoms with van der Waals surface area (Å²) in [4.78, 5) is 25.3. The molecule has 0 amide bonds. The summed E-state index contributed by atoms with van der Waals surface area (Å²) in [5, 5.41) is 0. The molecular formula is C19H32O5Si. The van der Waals surface area contributed by atoms with Crippen molar-refractivity contribution in [1.29, 1.82) is 0 Å². The second-order valence-corrected chi connectivity index (χ2v) is 11.7. The van der Waals surface area contributed by atoms with Gasteiger partial charge in [-0.05, 0) is 44.3 Å². The molecule has 2 aliphatic carbocycles. The lowest BCUT2D eigenvalue weighted by molar-refractivity contribution is -0.164. The molecule has 0 N–H and O–H groups in total. The average Bonchev–Trinajstić information content (AvgIpc) is 3.16. The van der Waals surface area contributed by atoms with Gasteiger partial charge in [0.2, 0.25) is 0 Å². The van der Waals surface area contributed by atoms with Crippen LogP contribution >= 0.6 is 0 Å². The SMILES string of the molecule is CCOC(=O)[C@H]1[C@H]2C=C[C@](O[Si](CC)(CC)CC)(C2)[C@H]1C(=O)OCC. The van der Waals surface area contributed by atoms with E-state index in [1.54, 1.807) is 13.8 Å². The Bertz CT molecular complexity index is 520. The second-order valence-electron chi connectivity index (χ2n) is 7.04. The molecule has 2 rings (SSSR count). The lowest BCUT2D eigenvalue weighted by Gasteiger charge is -2.41. The molecule has 0 aromatic carbocycles. The van der Waals surface area contributed by atoms with Crippen molar-refractivity contribution in [3.63, 3.8) is 0 Å². The van der Waals surface area contributed by atoms with E-state index in [1.807, 2.05) is 12.2 Å². The number of carbonyl (C=O) groups is 2. The molecule has 0 heterocycles. The van der Waals surface area contributed by atoms with Gasteiger partial charge in [0.1, 0.15) is 5.92 Å². The van der Waals surface area contributed by atoms with Crippen LogP contribution in [0.2, 0.25) is 18.1 Å². The number of hydrogen-bond donors (Lipinski definition) is 0. The molecule has 142 valence electrons. The van der Waals surface area contributed by atoms with E-state index in [-0.39, 0.29) is 17.9 Å². The zero-order valence-electron chi connectivity index (χ0n) is 16.2. The first-order valence-electron chi connectivity index (χ1n) is 9.65. The second kappa shape index (κ2) is 8.04. The molecule has 0 radical (unpaired) electrons. The summed E-state index contributed by atoms with van der Waals surface area (Å²) in [6.45, 7) is 10.7. The van der Waals surface area contributed by atoms with Gasteiger partial charge in [0.05, 0.1) is 24.7 Å². The fourth-order valence-electron chi connectivity index (χ4n) is 4.46. The molecule has 6 heteroatoms. The standard InChI is InChI=1S/C19H32O5Si/c1-6-22-17(20)15-14-11-12-19(13-14,16(15)18(21)23-7-2)24-25(8-3,9-4)10-5/h11-12,14-16H,6-10,13H2,1-5H3/t14-,15-,16+,19-/m0/s1. The molecule has 2 aliphatic rings. The van der Waals surface area contributed by atoms with Crippen LogP contribution in [-0.4, -0.2) is 39.1 Å². The third-order valence-corrected chi connectivity index (χ3v) is 10.6. The first-order valence-corrected chi connectivity index (χ1v) is 12.2. The summed E-state index contributed by atoms with van der Waals surface area (Å²) in [5.41, 5.74) is -0.706. The summed E-state index contributed by atoms with van der Waals surface area (Å²) >= 11 is 0. The first-order chi connectivity index (χ1) is 11.9. The summed E-state index contributed by atoms with van der Waals surface area (Å²) in [7, 11) is -1.95. The first kappa shape index (κ1) is 20.2. The molecule has 0 aromatic rings. The number of allylic oxidation sites excluding steroid dienone is 1. The average molecular weight is 369 g/mol. The Kier molecular flexibility index (Phi) is 6.49. The van der Waals surface area contributed by atoms with Crippen LogP contribution in [-0.2, 0) is 23.5 Å². The monoisotopic (exact) mass is 368 g/mol. The Morgan fingerprint density at radius 2 is 1.56 bits per heavy atom. The zero-order chi connectivity index (χ0) is 18.7. The predicted molar refractivity (Wildman–Crippen MR) is 98.5 cm³/mol. The number of rotatable bonds is 9. The van der Waals surface area contributed by atoms with Gasteiger partial charge in [0.25, 0.3) is 0 Å². The molecule has 2 bridgehead atoms. The van der Waals surface area contributed by atoms with Crippen molar-refractivity contribution in [3.05, 3.63) is 12.2 Å². The van der Waals surface area contributed by atoms with E-state index < -0.39 is 25.8 Å². The molecule has 1 fully saturated rings. The maximum absolute atomic E-state index is 12.8. The molecule has 25 heavy (non-hydrogen) atoms. The quantitative estimate of drug-likeness (QED) is 0.353. The molecule has 0 unspecified atom stereocenters. The van der Waals surface area contributed by atoms with Crippen molar-refractivity contribution in [2.75, 3.05) is 13.2 Å². The number of esters is 2. The molecule has 0 aromatic heterocycles. The van der Waals surface area contributed by atoms with Gasteiger partial charge >= 0.3 is 11.9 Å². The minimum atomic E-state index is -1.95. The van der Waals surface area contributed by atoms with Crippen molar-refractivity contribution in [2.24, 2.45) is 17.8 Å². The van der Waals surface area contributed by atoms with E-state index in [0.29, 0.717) is 19.6 Å². The van der Waals surface area contributed by atoms with Crippen LogP contribution in [0.3, 0.4) is 0 Å². The van der Waals surface area contributed by atoms with Crippen LogP contribution in [0.4, 0.5) is 0 Å². The van der Waals surface area contributed by atoms with Gasteiger partial charge in [-0.3, -0.25) is 9.59 Å². The Labute approximate surface area is 152 Å². The maximum Gasteiger partial charge on any atom is 0.313 e. The van der Waals surface area contributed by atoms with Gasteiger partial charge in [0, 0.05) is 0 Å². The van der Waals surface area contributed by atoms with Gasteiger partial charge in [-0.25, -0.2) is 0 Å². The third-order valence-electron chi connectivity index (χ3n) is 5.97. The van der Waals surface area contributed by atoms with Crippen molar-refractivity contribution in [1.82, 2.24) is 0 Å². The number of hydrogen-bond acceptors (Lipinski definition) is 5. The predicted octanol–water partition coefficient (Wildman–Crippen LogP) is 3.70. The van der Waals surface area contributed by atoms with Crippen molar-refractivity contribution in [2.45, 2.75) is 64.8 Å². The molecular weight excluding hydrogens is 336 g/mol. The number of carbonyl (C=O) groups excluding carboxylic acids is 2. The van der Waals surface area contributed by atoms with Crippen LogP contribution < -0.4 is 0 Å². The number of ether oxygens (including phenoxy) is 2. The van der Waals surface area contributed by atoms with E-state index in [2.05, 4.69) is 20.8 Å². The highest BCUT2D eigenvalue weighted by Crippen LogP contribution is 2.55. The molecule has 4 atom stereocenters. The minimum absolute atomic E-state index is 0.00859. The number of fused-ring (bicyclic) bond motifs is 2. The van der Waals surface area contributed by atoms with Crippen LogP contribution in [0.25, 0.3) is 0 Å². The molecule has 1 saturated carbocycles. The van der Waals surface area contributed by atoms with Crippen LogP contribution in [0.1, 0.15) is 41.0 Å². The van der Waals surface area contributed by atoms with Crippen LogP contribution in [0.15, 0.2) is 12.2 Å². The summed E-state index contributed by atoms with van der Waals surface area (Å²) < 4.78 is 17.4. The van der Waals surface area contributed by atoms with Gasteiger partial charge in [-0.2, -0.15) is 0 Å². The van der Waals surface area contributed by atoms with E-state index in [0.717, 1.165) is 18.1 Å². The normalized spacial score (nSPS) is 30.5. The van der Waals surface area contributed by atoms with E-state index in [4.69, 9.17) is 13.9 Å². The highest BCUT2D eigenvalue weighted by Gasteiger charge is 2.63. The largest absolute Gasteiger partial charge is 0.466 e. The molecule has 0 saturated heterocycles.